The van der Waals surface area contributed by atoms with Crippen molar-refractivity contribution in [3.63, 3.8) is 0 Å². The number of hydrogen-bond donors (Lipinski definition) is 1. The zero-order valence-electron chi connectivity index (χ0n) is 10.5. The van der Waals surface area contributed by atoms with Crippen LogP contribution in [0.3, 0.4) is 0 Å². The quantitative estimate of drug-likeness (QED) is 0.840. The van der Waals surface area contributed by atoms with Crippen LogP contribution >= 0.6 is 28.1 Å². The van der Waals surface area contributed by atoms with Crippen molar-refractivity contribution in [1.29, 1.82) is 0 Å². The van der Waals surface area contributed by atoms with Gasteiger partial charge in [0.1, 0.15) is 4.99 Å². The summed E-state index contributed by atoms with van der Waals surface area (Å²) >= 11 is 8.50. The molecular formula is C13H19BrN2S. The number of nitrogens with two attached hydrogens (primary N) is 1. The normalized spacial score (nSPS) is 12.2. The molecule has 2 nitrogen and oxygen atoms in total. The molecule has 0 aliphatic rings. The van der Waals surface area contributed by atoms with Gasteiger partial charge in [0.2, 0.25) is 0 Å². The Kier molecular flexibility index (Phi) is 5.40. The molecule has 0 bridgehead atoms. The molecule has 0 aliphatic carbocycles. The minimum atomic E-state index is 0.424. The van der Waals surface area contributed by atoms with Gasteiger partial charge in [-0.3, -0.25) is 0 Å². The first kappa shape index (κ1) is 14.5. The fraction of sp³-hybridized carbons (Fsp3) is 0.462. The number of nitrogens with zero attached hydrogens (tertiary/aromatic N) is 1. The third-order valence-corrected chi connectivity index (χ3v) is 3.87. The lowest BCUT2D eigenvalue weighted by atomic mass is 10.1. The van der Waals surface area contributed by atoms with Crippen LogP contribution in [0.25, 0.3) is 0 Å². The van der Waals surface area contributed by atoms with Gasteiger partial charge in [0.15, 0.2) is 0 Å². The lowest BCUT2D eigenvalue weighted by Gasteiger charge is -2.27. The Labute approximate surface area is 117 Å². The first-order valence-electron chi connectivity index (χ1n) is 5.79. The van der Waals surface area contributed by atoms with Crippen molar-refractivity contribution in [2.45, 2.75) is 32.7 Å². The number of rotatable bonds is 5. The highest BCUT2D eigenvalue weighted by Crippen LogP contribution is 2.25. The highest BCUT2D eigenvalue weighted by Gasteiger charge is 2.11. The third-order valence-electron chi connectivity index (χ3n) is 2.99. The molecule has 0 aromatic heterocycles. The molecule has 1 unspecified atom stereocenters. The van der Waals surface area contributed by atoms with E-state index in [0.29, 0.717) is 11.0 Å². The predicted molar refractivity (Wildman–Crippen MR) is 82.8 cm³/mol. The van der Waals surface area contributed by atoms with Crippen molar-refractivity contribution in [3.8, 4) is 0 Å². The number of hydrogen-bond acceptors (Lipinski definition) is 2. The average molecular weight is 315 g/mol. The van der Waals surface area contributed by atoms with Gasteiger partial charge < -0.3 is 10.6 Å². The van der Waals surface area contributed by atoms with Gasteiger partial charge in [0, 0.05) is 28.8 Å². The summed E-state index contributed by atoms with van der Waals surface area (Å²) in [6, 6.07) is 6.63. The molecule has 0 amide bonds. The lowest BCUT2D eigenvalue weighted by molar-refractivity contribution is 0.616. The van der Waals surface area contributed by atoms with Crippen molar-refractivity contribution < 1.29 is 0 Å². The first-order valence-corrected chi connectivity index (χ1v) is 6.99. The number of benzene rings is 1. The van der Waals surface area contributed by atoms with Gasteiger partial charge in [0.05, 0.1) is 0 Å². The van der Waals surface area contributed by atoms with Gasteiger partial charge in [-0.15, -0.1) is 0 Å². The lowest BCUT2D eigenvalue weighted by Crippen LogP contribution is -2.28. The second-order valence-corrected chi connectivity index (χ2v) is 5.57. The van der Waals surface area contributed by atoms with Crippen LogP contribution < -0.4 is 10.6 Å². The molecule has 17 heavy (non-hydrogen) atoms. The molecule has 94 valence electrons. The second-order valence-electron chi connectivity index (χ2n) is 4.28. The standard InChI is InChI=1S/C13H19BrN2S/c1-4-5-9(2)16(3)10-6-7-11(13(15)17)12(14)8-10/h6-9H,4-5H2,1-3H3,(H2,15,17). The van der Waals surface area contributed by atoms with E-state index in [0.717, 1.165) is 10.0 Å². The summed E-state index contributed by atoms with van der Waals surface area (Å²) in [5.41, 5.74) is 7.70. The predicted octanol–water partition coefficient (Wildman–Crippen LogP) is 3.71. The molecule has 1 aromatic rings. The Morgan fingerprint density at radius 3 is 2.65 bits per heavy atom. The van der Waals surface area contributed by atoms with E-state index in [1.807, 2.05) is 6.07 Å². The van der Waals surface area contributed by atoms with Crippen molar-refractivity contribution in [2.75, 3.05) is 11.9 Å². The molecular weight excluding hydrogens is 296 g/mol. The molecule has 0 saturated heterocycles. The molecule has 0 aliphatic heterocycles. The molecule has 0 radical (unpaired) electrons. The van der Waals surface area contributed by atoms with E-state index in [2.05, 4.69) is 53.9 Å². The van der Waals surface area contributed by atoms with Gasteiger partial charge >= 0.3 is 0 Å². The summed E-state index contributed by atoms with van der Waals surface area (Å²) in [5.74, 6) is 0. The first-order chi connectivity index (χ1) is 7.97. The smallest absolute Gasteiger partial charge is 0.105 e. The maximum atomic E-state index is 5.64. The Morgan fingerprint density at radius 1 is 1.53 bits per heavy atom. The third kappa shape index (κ3) is 3.68. The largest absolute Gasteiger partial charge is 0.389 e. The molecule has 1 rings (SSSR count). The van der Waals surface area contributed by atoms with E-state index >= 15 is 0 Å². The van der Waals surface area contributed by atoms with Gasteiger partial charge in [-0.1, -0.05) is 25.6 Å². The SMILES string of the molecule is CCCC(C)N(C)c1ccc(C(N)=S)c(Br)c1. The fourth-order valence-corrected chi connectivity index (χ4v) is 2.68. The van der Waals surface area contributed by atoms with Crippen molar-refractivity contribution in [1.82, 2.24) is 0 Å². The summed E-state index contributed by atoms with van der Waals surface area (Å²) in [6.07, 6.45) is 2.38. The molecule has 4 heteroatoms. The summed E-state index contributed by atoms with van der Waals surface area (Å²) < 4.78 is 0.957. The number of anilines is 1. The number of thiocarbonyl (C=S) groups is 1. The van der Waals surface area contributed by atoms with Gasteiger partial charge in [-0.25, -0.2) is 0 Å². The highest BCUT2D eigenvalue weighted by atomic mass is 79.9. The Hall–Kier alpha value is -0.610. The van der Waals surface area contributed by atoms with Gasteiger partial charge in [-0.05, 0) is 47.5 Å². The molecule has 1 atom stereocenters. The van der Waals surface area contributed by atoms with Crippen molar-refractivity contribution in [3.05, 3.63) is 28.2 Å². The zero-order valence-corrected chi connectivity index (χ0v) is 12.9. The van der Waals surface area contributed by atoms with E-state index < -0.39 is 0 Å². The Balaban J connectivity index is 2.93. The highest BCUT2D eigenvalue weighted by molar-refractivity contribution is 9.10. The van der Waals surface area contributed by atoms with Crippen LogP contribution in [0.2, 0.25) is 0 Å². The van der Waals surface area contributed by atoms with Crippen LogP contribution in [0.5, 0.6) is 0 Å². The van der Waals surface area contributed by atoms with Crippen LogP contribution in [-0.4, -0.2) is 18.1 Å². The molecule has 0 spiro atoms. The maximum Gasteiger partial charge on any atom is 0.105 e. The summed E-state index contributed by atoms with van der Waals surface area (Å²) in [6.45, 7) is 4.44. The topological polar surface area (TPSA) is 29.3 Å². The average Bonchev–Trinajstić information content (AvgIpc) is 2.27. The molecule has 0 heterocycles. The number of halogens is 1. The van der Waals surface area contributed by atoms with E-state index in [4.69, 9.17) is 18.0 Å². The summed E-state index contributed by atoms with van der Waals surface area (Å²) in [5, 5.41) is 0. The maximum absolute atomic E-state index is 5.64. The monoisotopic (exact) mass is 314 g/mol. The molecule has 0 saturated carbocycles. The van der Waals surface area contributed by atoms with E-state index in [1.165, 1.54) is 18.5 Å². The minimum Gasteiger partial charge on any atom is -0.389 e. The van der Waals surface area contributed by atoms with E-state index in [1.54, 1.807) is 0 Å². The molecule has 0 fully saturated rings. The van der Waals surface area contributed by atoms with Crippen LogP contribution in [0.4, 0.5) is 5.69 Å². The van der Waals surface area contributed by atoms with E-state index in [9.17, 15) is 0 Å². The second kappa shape index (κ2) is 6.36. The Bertz CT molecular complexity index is 406. The summed E-state index contributed by atoms with van der Waals surface area (Å²) in [7, 11) is 2.11. The fourth-order valence-electron chi connectivity index (χ4n) is 1.79. The van der Waals surface area contributed by atoms with Crippen molar-refractivity contribution in [2.24, 2.45) is 5.73 Å². The molecule has 1 aromatic carbocycles. The van der Waals surface area contributed by atoms with Crippen LogP contribution in [0, 0.1) is 0 Å². The van der Waals surface area contributed by atoms with Crippen LogP contribution in [0.1, 0.15) is 32.3 Å². The minimum absolute atomic E-state index is 0.424. The van der Waals surface area contributed by atoms with Gasteiger partial charge in [0.25, 0.3) is 0 Å². The van der Waals surface area contributed by atoms with Crippen LogP contribution in [0.15, 0.2) is 22.7 Å². The van der Waals surface area contributed by atoms with Gasteiger partial charge in [-0.2, -0.15) is 0 Å². The summed E-state index contributed by atoms with van der Waals surface area (Å²) in [4.78, 5) is 2.70. The molecule has 2 N–H and O–H groups in total. The Morgan fingerprint density at radius 2 is 2.18 bits per heavy atom. The van der Waals surface area contributed by atoms with E-state index in [-0.39, 0.29) is 0 Å². The van der Waals surface area contributed by atoms with Crippen molar-refractivity contribution >= 4 is 38.8 Å². The van der Waals surface area contributed by atoms with Crippen LogP contribution in [-0.2, 0) is 0 Å². The zero-order chi connectivity index (χ0) is 13.0.